The molecule has 0 aliphatic rings. The fourth-order valence-electron chi connectivity index (χ4n) is 1.16. The zero-order valence-corrected chi connectivity index (χ0v) is 8.47. The molecular weight excluding hydrogens is 200 g/mol. The molecule has 82 valence electrons. The van der Waals surface area contributed by atoms with Crippen LogP contribution in [0.3, 0.4) is 0 Å². The average molecular weight is 213 g/mol. The van der Waals surface area contributed by atoms with Crippen LogP contribution in [0.1, 0.15) is 12.5 Å². The van der Waals surface area contributed by atoms with E-state index in [1.807, 2.05) is 0 Å². The molecular formula is C11H13F2NO. The second-order valence-electron chi connectivity index (χ2n) is 3.53. The Kier molecular flexibility index (Phi) is 3.91. The van der Waals surface area contributed by atoms with Crippen molar-refractivity contribution in [1.82, 2.24) is 0 Å². The maximum absolute atomic E-state index is 12.8. The van der Waals surface area contributed by atoms with Gasteiger partial charge in [-0.2, -0.15) is 0 Å². The molecule has 1 rings (SSSR count). The molecule has 0 spiro atoms. The summed E-state index contributed by atoms with van der Waals surface area (Å²) < 4.78 is 25.4. The number of rotatable bonds is 4. The second-order valence-corrected chi connectivity index (χ2v) is 3.53. The van der Waals surface area contributed by atoms with E-state index in [2.05, 4.69) is 0 Å². The van der Waals surface area contributed by atoms with Crippen molar-refractivity contribution in [1.29, 1.82) is 0 Å². The van der Waals surface area contributed by atoms with Crippen LogP contribution in [0.25, 0.3) is 0 Å². The van der Waals surface area contributed by atoms with Gasteiger partial charge in [0.05, 0.1) is 0 Å². The predicted octanol–water partition coefficient (Wildman–Crippen LogP) is 1.67. The minimum absolute atomic E-state index is 0.0662. The SMILES string of the molecule is CC(CN)C(=O)Cc1ccc(F)c(F)c1. The fraction of sp³-hybridized carbons (Fsp3) is 0.364. The van der Waals surface area contributed by atoms with E-state index < -0.39 is 11.6 Å². The van der Waals surface area contributed by atoms with Crippen molar-refractivity contribution in [2.45, 2.75) is 13.3 Å². The van der Waals surface area contributed by atoms with Gasteiger partial charge >= 0.3 is 0 Å². The summed E-state index contributed by atoms with van der Waals surface area (Å²) >= 11 is 0. The summed E-state index contributed by atoms with van der Waals surface area (Å²) in [5.74, 6) is -2.15. The summed E-state index contributed by atoms with van der Waals surface area (Å²) in [6, 6.07) is 3.46. The van der Waals surface area contributed by atoms with Gasteiger partial charge in [0.25, 0.3) is 0 Å². The molecule has 1 unspecified atom stereocenters. The van der Waals surface area contributed by atoms with E-state index in [1.54, 1.807) is 6.92 Å². The van der Waals surface area contributed by atoms with Crippen LogP contribution in [0.2, 0.25) is 0 Å². The lowest BCUT2D eigenvalue weighted by Gasteiger charge is -2.07. The molecule has 0 saturated carbocycles. The Morgan fingerprint density at radius 2 is 2.07 bits per heavy atom. The number of carbonyl (C=O) groups is 1. The molecule has 4 heteroatoms. The van der Waals surface area contributed by atoms with Crippen molar-refractivity contribution in [2.75, 3.05) is 6.54 Å². The van der Waals surface area contributed by atoms with Crippen LogP contribution in [0, 0.1) is 17.6 Å². The molecule has 1 aromatic carbocycles. The summed E-state index contributed by atoms with van der Waals surface area (Å²) in [6.07, 6.45) is 0.0928. The largest absolute Gasteiger partial charge is 0.330 e. The number of hydrogen-bond acceptors (Lipinski definition) is 2. The van der Waals surface area contributed by atoms with Gasteiger partial charge < -0.3 is 5.73 Å². The van der Waals surface area contributed by atoms with E-state index in [0.29, 0.717) is 5.56 Å². The zero-order valence-electron chi connectivity index (χ0n) is 8.47. The third kappa shape index (κ3) is 3.09. The van der Waals surface area contributed by atoms with Gasteiger partial charge in [-0.25, -0.2) is 8.78 Å². The quantitative estimate of drug-likeness (QED) is 0.826. The number of benzene rings is 1. The van der Waals surface area contributed by atoms with Gasteiger partial charge in [-0.1, -0.05) is 13.0 Å². The van der Waals surface area contributed by atoms with E-state index in [4.69, 9.17) is 5.73 Å². The lowest BCUT2D eigenvalue weighted by atomic mass is 9.99. The first kappa shape index (κ1) is 11.8. The lowest BCUT2D eigenvalue weighted by Crippen LogP contribution is -2.22. The molecule has 0 aliphatic heterocycles. The van der Waals surface area contributed by atoms with E-state index >= 15 is 0 Å². The Balaban J connectivity index is 2.73. The summed E-state index contributed by atoms with van der Waals surface area (Å²) in [6.45, 7) is 1.98. The van der Waals surface area contributed by atoms with Crippen LogP contribution in [0.5, 0.6) is 0 Å². The third-order valence-electron chi connectivity index (χ3n) is 2.27. The minimum atomic E-state index is -0.930. The van der Waals surface area contributed by atoms with Gasteiger partial charge in [-0.15, -0.1) is 0 Å². The Bertz CT molecular complexity index is 366. The van der Waals surface area contributed by atoms with Crippen molar-refractivity contribution in [2.24, 2.45) is 11.7 Å². The maximum Gasteiger partial charge on any atom is 0.159 e. The van der Waals surface area contributed by atoms with E-state index in [9.17, 15) is 13.6 Å². The number of nitrogens with two attached hydrogens (primary N) is 1. The van der Waals surface area contributed by atoms with Crippen LogP contribution in [0.15, 0.2) is 18.2 Å². The first-order valence-corrected chi connectivity index (χ1v) is 4.71. The lowest BCUT2D eigenvalue weighted by molar-refractivity contribution is -0.121. The van der Waals surface area contributed by atoms with Gasteiger partial charge in [0.15, 0.2) is 11.6 Å². The molecule has 0 amide bonds. The molecule has 0 radical (unpaired) electrons. The monoisotopic (exact) mass is 213 g/mol. The first-order valence-electron chi connectivity index (χ1n) is 4.71. The molecule has 0 saturated heterocycles. The van der Waals surface area contributed by atoms with Gasteiger partial charge in [0.1, 0.15) is 5.78 Å². The van der Waals surface area contributed by atoms with Crippen molar-refractivity contribution < 1.29 is 13.6 Å². The number of Topliss-reactive ketones (excluding diaryl/α,β-unsaturated/α-hetero) is 1. The maximum atomic E-state index is 12.8. The Morgan fingerprint density at radius 1 is 1.40 bits per heavy atom. The van der Waals surface area contributed by atoms with E-state index in [0.717, 1.165) is 12.1 Å². The molecule has 0 heterocycles. The highest BCUT2D eigenvalue weighted by atomic mass is 19.2. The molecule has 1 aromatic rings. The van der Waals surface area contributed by atoms with Crippen LogP contribution >= 0.6 is 0 Å². The number of hydrogen-bond donors (Lipinski definition) is 1. The smallest absolute Gasteiger partial charge is 0.159 e. The topological polar surface area (TPSA) is 43.1 Å². The molecule has 0 bridgehead atoms. The highest BCUT2D eigenvalue weighted by Crippen LogP contribution is 2.11. The highest BCUT2D eigenvalue weighted by molar-refractivity contribution is 5.83. The van der Waals surface area contributed by atoms with Crippen molar-refractivity contribution in [3.63, 3.8) is 0 Å². The summed E-state index contributed by atoms with van der Waals surface area (Å²) in [4.78, 5) is 11.4. The second kappa shape index (κ2) is 4.98. The Hall–Kier alpha value is -1.29. The van der Waals surface area contributed by atoms with Crippen LogP contribution in [0.4, 0.5) is 8.78 Å². The Labute approximate surface area is 87.1 Å². The number of carbonyl (C=O) groups excluding carboxylic acids is 1. The number of ketones is 1. The average Bonchev–Trinajstić information content (AvgIpc) is 2.22. The summed E-state index contributed by atoms with van der Waals surface area (Å²) in [7, 11) is 0. The van der Waals surface area contributed by atoms with Crippen molar-refractivity contribution >= 4 is 5.78 Å². The normalized spacial score (nSPS) is 12.5. The Morgan fingerprint density at radius 3 is 2.60 bits per heavy atom. The van der Waals surface area contributed by atoms with Crippen LogP contribution in [-0.4, -0.2) is 12.3 Å². The van der Waals surface area contributed by atoms with E-state index in [1.165, 1.54) is 6.07 Å². The summed E-state index contributed by atoms with van der Waals surface area (Å²) in [5.41, 5.74) is 5.80. The molecule has 0 fully saturated rings. The molecule has 2 N–H and O–H groups in total. The fourth-order valence-corrected chi connectivity index (χ4v) is 1.16. The number of halogens is 2. The van der Waals surface area contributed by atoms with Gasteiger partial charge in [0.2, 0.25) is 0 Å². The standard InChI is InChI=1S/C11H13F2NO/c1-7(6-14)11(15)5-8-2-3-9(12)10(13)4-8/h2-4,7H,5-6,14H2,1H3. The van der Waals surface area contributed by atoms with Crippen LogP contribution in [-0.2, 0) is 11.2 Å². The molecule has 1 atom stereocenters. The van der Waals surface area contributed by atoms with Crippen molar-refractivity contribution in [3.8, 4) is 0 Å². The first-order chi connectivity index (χ1) is 7.04. The minimum Gasteiger partial charge on any atom is -0.330 e. The highest BCUT2D eigenvalue weighted by Gasteiger charge is 2.12. The molecule has 15 heavy (non-hydrogen) atoms. The molecule has 0 aromatic heterocycles. The predicted molar refractivity (Wildman–Crippen MR) is 53.3 cm³/mol. The third-order valence-corrected chi connectivity index (χ3v) is 2.27. The van der Waals surface area contributed by atoms with Gasteiger partial charge in [-0.3, -0.25) is 4.79 Å². The van der Waals surface area contributed by atoms with Crippen molar-refractivity contribution in [3.05, 3.63) is 35.4 Å². The zero-order chi connectivity index (χ0) is 11.4. The molecule has 0 aliphatic carbocycles. The van der Waals surface area contributed by atoms with Crippen LogP contribution < -0.4 is 5.73 Å². The van der Waals surface area contributed by atoms with Gasteiger partial charge in [-0.05, 0) is 17.7 Å². The van der Waals surface area contributed by atoms with E-state index in [-0.39, 0.29) is 24.7 Å². The van der Waals surface area contributed by atoms with Gasteiger partial charge in [0, 0.05) is 18.9 Å². The molecule has 2 nitrogen and oxygen atoms in total. The summed E-state index contributed by atoms with van der Waals surface area (Å²) in [5, 5.41) is 0.